The highest BCUT2D eigenvalue weighted by molar-refractivity contribution is 6.30. The summed E-state index contributed by atoms with van der Waals surface area (Å²) >= 11 is 5.95. The Labute approximate surface area is 173 Å². The largest absolute Gasteiger partial charge is 0.465 e. The number of esters is 1. The Bertz CT molecular complexity index is 1060. The van der Waals surface area contributed by atoms with E-state index in [2.05, 4.69) is 15.7 Å². The van der Waals surface area contributed by atoms with Crippen LogP contribution in [0.5, 0.6) is 0 Å². The molecule has 1 aromatic heterocycles. The van der Waals surface area contributed by atoms with Gasteiger partial charge in [0, 0.05) is 10.7 Å². The van der Waals surface area contributed by atoms with E-state index in [4.69, 9.17) is 16.3 Å². The maximum absolute atomic E-state index is 12.4. The highest BCUT2D eigenvalue weighted by Gasteiger charge is 2.17. The quantitative estimate of drug-likeness (QED) is 0.598. The number of anilines is 2. The van der Waals surface area contributed by atoms with Gasteiger partial charge in [-0.15, -0.1) is 0 Å². The molecule has 0 radical (unpaired) electrons. The van der Waals surface area contributed by atoms with Crippen molar-refractivity contribution < 1.29 is 14.3 Å². The minimum absolute atomic E-state index is 0.371. The third-order valence-corrected chi connectivity index (χ3v) is 4.68. The van der Waals surface area contributed by atoms with E-state index in [9.17, 15) is 9.59 Å². The topological polar surface area (TPSA) is 85.2 Å². The molecule has 0 aliphatic rings. The van der Waals surface area contributed by atoms with Gasteiger partial charge in [-0.05, 0) is 43.7 Å². The fraction of sp³-hybridized carbons (Fsp3) is 0.190. The number of urea groups is 1. The van der Waals surface area contributed by atoms with Crippen molar-refractivity contribution >= 4 is 35.0 Å². The molecule has 3 aromatic rings. The molecule has 0 aliphatic carbocycles. The highest BCUT2D eigenvalue weighted by atomic mass is 35.5. The molecule has 0 unspecified atom stereocenters. The summed E-state index contributed by atoms with van der Waals surface area (Å²) < 4.78 is 6.59. The second-order valence-electron chi connectivity index (χ2n) is 6.44. The molecular weight excluding hydrogens is 392 g/mol. The van der Waals surface area contributed by atoms with E-state index in [1.54, 1.807) is 41.1 Å². The van der Waals surface area contributed by atoms with E-state index >= 15 is 0 Å². The number of hydrogen-bond acceptors (Lipinski definition) is 4. The number of benzene rings is 2. The van der Waals surface area contributed by atoms with Crippen molar-refractivity contribution in [3.05, 3.63) is 76.1 Å². The molecule has 0 atom stereocenters. The number of methoxy groups -OCH3 is 1. The summed E-state index contributed by atoms with van der Waals surface area (Å²) in [5, 5.41) is 10.6. The molecular formula is C21H21ClN4O3. The summed E-state index contributed by atoms with van der Waals surface area (Å²) in [6.07, 6.45) is 0. The number of nitrogens with zero attached hydrogens (tertiary/aromatic N) is 2. The summed E-state index contributed by atoms with van der Waals surface area (Å²) in [7, 11) is 1.35. The molecule has 0 fully saturated rings. The van der Waals surface area contributed by atoms with E-state index < -0.39 is 12.0 Å². The van der Waals surface area contributed by atoms with Crippen LogP contribution in [0.15, 0.2) is 48.5 Å². The van der Waals surface area contributed by atoms with Crippen molar-refractivity contribution in [1.29, 1.82) is 0 Å². The number of aryl methyl sites for hydroxylation is 1. The average molecular weight is 413 g/mol. The van der Waals surface area contributed by atoms with Crippen LogP contribution in [0.4, 0.5) is 16.2 Å². The minimum atomic E-state index is -0.402. The average Bonchev–Trinajstić information content (AvgIpc) is 2.95. The number of amides is 2. The lowest BCUT2D eigenvalue weighted by Crippen LogP contribution is -2.20. The number of rotatable bonds is 5. The predicted molar refractivity (Wildman–Crippen MR) is 113 cm³/mol. The lowest BCUT2D eigenvalue weighted by Gasteiger charge is -2.10. The zero-order valence-electron chi connectivity index (χ0n) is 16.3. The molecule has 7 nitrogen and oxygen atoms in total. The normalized spacial score (nSPS) is 10.5. The molecule has 3 rings (SSSR count). The lowest BCUT2D eigenvalue weighted by atomic mass is 10.1. The summed E-state index contributed by atoms with van der Waals surface area (Å²) in [5.74, 6) is -0.402. The van der Waals surface area contributed by atoms with Gasteiger partial charge in [0.1, 0.15) is 0 Å². The molecule has 0 aliphatic heterocycles. The Balaban J connectivity index is 1.79. The zero-order valence-corrected chi connectivity index (χ0v) is 17.1. The van der Waals surface area contributed by atoms with Gasteiger partial charge in [-0.25, -0.2) is 9.59 Å². The van der Waals surface area contributed by atoms with Gasteiger partial charge in [0.05, 0.1) is 36.3 Å². The molecule has 8 heteroatoms. The Hall–Kier alpha value is -3.32. The van der Waals surface area contributed by atoms with Gasteiger partial charge in [0.15, 0.2) is 0 Å². The third kappa shape index (κ3) is 4.75. The predicted octanol–water partition coefficient (Wildman–Crippen LogP) is 4.63. The van der Waals surface area contributed by atoms with E-state index in [1.165, 1.54) is 7.11 Å². The molecule has 0 saturated carbocycles. The van der Waals surface area contributed by atoms with Gasteiger partial charge < -0.3 is 15.4 Å². The van der Waals surface area contributed by atoms with Crippen molar-refractivity contribution in [2.45, 2.75) is 20.4 Å². The monoisotopic (exact) mass is 412 g/mol. The number of hydrogen-bond donors (Lipinski definition) is 2. The Kier molecular flexibility index (Phi) is 6.19. The van der Waals surface area contributed by atoms with Crippen molar-refractivity contribution in [2.24, 2.45) is 0 Å². The van der Waals surface area contributed by atoms with Crippen LogP contribution in [0, 0.1) is 13.8 Å². The Morgan fingerprint density at radius 2 is 1.86 bits per heavy atom. The van der Waals surface area contributed by atoms with Crippen molar-refractivity contribution in [3.63, 3.8) is 0 Å². The second-order valence-corrected chi connectivity index (χ2v) is 6.88. The van der Waals surface area contributed by atoms with Gasteiger partial charge in [0.25, 0.3) is 0 Å². The number of ether oxygens (including phenoxy) is 1. The van der Waals surface area contributed by atoms with E-state index in [0.29, 0.717) is 34.2 Å². The van der Waals surface area contributed by atoms with Crippen molar-refractivity contribution in [3.8, 4) is 0 Å². The number of carbonyl (C=O) groups excluding carboxylic acids is 2. The maximum atomic E-state index is 12.4. The first-order chi connectivity index (χ1) is 13.9. The summed E-state index contributed by atoms with van der Waals surface area (Å²) in [5.41, 5.74) is 3.89. The van der Waals surface area contributed by atoms with E-state index in [-0.39, 0.29) is 0 Å². The van der Waals surface area contributed by atoms with Gasteiger partial charge in [-0.1, -0.05) is 35.9 Å². The SMILES string of the molecule is COC(=O)c1ccccc1Cn1nc(C)c(NC(=O)Nc2cccc(Cl)c2)c1C. The Morgan fingerprint density at radius 3 is 2.59 bits per heavy atom. The number of nitrogens with one attached hydrogen (secondary N) is 2. The first-order valence-electron chi connectivity index (χ1n) is 8.93. The summed E-state index contributed by atoms with van der Waals surface area (Å²) in [4.78, 5) is 24.4. The number of halogens is 1. The fourth-order valence-corrected chi connectivity index (χ4v) is 3.19. The maximum Gasteiger partial charge on any atom is 0.338 e. The first kappa shape index (κ1) is 20.4. The van der Waals surface area contributed by atoms with Crippen LogP contribution in [0.3, 0.4) is 0 Å². The first-order valence-corrected chi connectivity index (χ1v) is 9.30. The summed E-state index contributed by atoms with van der Waals surface area (Å²) in [6, 6.07) is 13.7. The van der Waals surface area contributed by atoms with Gasteiger partial charge >= 0.3 is 12.0 Å². The van der Waals surface area contributed by atoms with Crippen LogP contribution >= 0.6 is 11.6 Å². The zero-order chi connectivity index (χ0) is 21.0. The van der Waals surface area contributed by atoms with Crippen LogP contribution in [0.2, 0.25) is 5.02 Å². The standard InChI is InChI=1S/C21H21ClN4O3/c1-13-19(24-21(28)23-17-9-6-8-16(22)11-17)14(2)26(25-13)12-15-7-4-5-10-18(15)20(27)29-3/h4-11H,12H2,1-3H3,(H2,23,24,28). The minimum Gasteiger partial charge on any atom is -0.465 e. The van der Waals surface area contributed by atoms with E-state index in [0.717, 1.165) is 11.3 Å². The van der Waals surface area contributed by atoms with Crippen molar-refractivity contribution in [1.82, 2.24) is 9.78 Å². The molecule has 1 heterocycles. The molecule has 0 saturated heterocycles. The molecule has 150 valence electrons. The lowest BCUT2D eigenvalue weighted by molar-refractivity contribution is 0.0599. The van der Waals surface area contributed by atoms with Crippen LogP contribution in [-0.2, 0) is 11.3 Å². The molecule has 0 spiro atoms. The van der Waals surface area contributed by atoms with Crippen LogP contribution in [-0.4, -0.2) is 28.9 Å². The van der Waals surface area contributed by atoms with Gasteiger partial charge in [-0.3, -0.25) is 4.68 Å². The highest BCUT2D eigenvalue weighted by Crippen LogP contribution is 2.22. The Morgan fingerprint density at radius 1 is 1.10 bits per heavy atom. The summed E-state index contributed by atoms with van der Waals surface area (Å²) in [6.45, 7) is 4.04. The van der Waals surface area contributed by atoms with Gasteiger partial charge in [0.2, 0.25) is 0 Å². The number of aromatic nitrogens is 2. The molecule has 0 bridgehead atoms. The van der Waals surface area contributed by atoms with Crippen LogP contribution in [0.1, 0.15) is 27.3 Å². The molecule has 2 amide bonds. The van der Waals surface area contributed by atoms with Gasteiger partial charge in [-0.2, -0.15) is 5.10 Å². The van der Waals surface area contributed by atoms with Crippen LogP contribution in [0.25, 0.3) is 0 Å². The fourth-order valence-electron chi connectivity index (χ4n) is 3.00. The van der Waals surface area contributed by atoms with Crippen LogP contribution < -0.4 is 10.6 Å². The third-order valence-electron chi connectivity index (χ3n) is 4.45. The molecule has 2 N–H and O–H groups in total. The number of carbonyl (C=O) groups is 2. The smallest absolute Gasteiger partial charge is 0.338 e. The van der Waals surface area contributed by atoms with E-state index in [1.807, 2.05) is 26.0 Å². The second kappa shape index (κ2) is 8.79. The van der Waals surface area contributed by atoms with Crippen molar-refractivity contribution in [2.75, 3.05) is 17.7 Å². The molecule has 2 aromatic carbocycles. The molecule has 29 heavy (non-hydrogen) atoms.